The minimum absolute atomic E-state index is 0.0255. The highest BCUT2D eigenvalue weighted by Crippen LogP contribution is 2.19. The van der Waals surface area contributed by atoms with Crippen LogP contribution in [0.5, 0.6) is 5.75 Å². The van der Waals surface area contributed by atoms with E-state index in [1.807, 2.05) is 12.1 Å². The Morgan fingerprint density at radius 3 is 2.71 bits per heavy atom. The lowest BCUT2D eigenvalue weighted by molar-refractivity contribution is -0.0390. The molecule has 14 heavy (non-hydrogen) atoms. The summed E-state index contributed by atoms with van der Waals surface area (Å²) in [6.07, 6.45) is 3.16. The lowest BCUT2D eigenvalue weighted by Crippen LogP contribution is -2.13. The first-order chi connectivity index (χ1) is 6.88. The molecule has 1 saturated heterocycles. The molecule has 0 radical (unpaired) electrons. The summed E-state index contributed by atoms with van der Waals surface area (Å²) in [5.41, 5.74) is 1.34. The number of ether oxygens (including phenoxy) is 2. The van der Waals surface area contributed by atoms with Crippen LogP contribution in [0.3, 0.4) is 0 Å². The Morgan fingerprint density at radius 2 is 2.14 bits per heavy atom. The van der Waals surface area contributed by atoms with Crippen molar-refractivity contribution in [3.63, 3.8) is 0 Å². The van der Waals surface area contributed by atoms with Crippen LogP contribution in [-0.2, 0) is 11.2 Å². The number of benzene rings is 1. The average molecular weight is 192 g/mol. The van der Waals surface area contributed by atoms with E-state index >= 15 is 0 Å². The highest BCUT2D eigenvalue weighted by atomic mass is 16.7. The molecule has 1 fully saturated rings. The first-order valence-electron chi connectivity index (χ1n) is 5.25. The Labute approximate surface area is 84.8 Å². The van der Waals surface area contributed by atoms with E-state index in [1.165, 1.54) is 5.56 Å². The van der Waals surface area contributed by atoms with Gasteiger partial charge in [0.05, 0.1) is 6.61 Å². The first-order valence-corrected chi connectivity index (χ1v) is 5.25. The molecule has 0 N–H and O–H groups in total. The smallest absolute Gasteiger partial charge is 0.199 e. The normalized spacial score (nSPS) is 21.1. The van der Waals surface area contributed by atoms with Gasteiger partial charge in [-0.25, -0.2) is 0 Å². The van der Waals surface area contributed by atoms with E-state index in [2.05, 4.69) is 19.1 Å². The van der Waals surface area contributed by atoms with Crippen molar-refractivity contribution in [2.75, 3.05) is 6.61 Å². The minimum Gasteiger partial charge on any atom is -0.465 e. The summed E-state index contributed by atoms with van der Waals surface area (Å²) >= 11 is 0. The van der Waals surface area contributed by atoms with Crippen molar-refractivity contribution in [2.45, 2.75) is 32.5 Å². The third kappa shape index (κ3) is 2.26. The number of hydrogen-bond acceptors (Lipinski definition) is 2. The molecule has 0 aliphatic carbocycles. The molecular weight excluding hydrogens is 176 g/mol. The zero-order valence-corrected chi connectivity index (χ0v) is 8.53. The van der Waals surface area contributed by atoms with E-state index in [-0.39, 0.29) is 6.29 Å². The van der Waals surface area contributed by atoms with Crippen LogP contribution < -0.4 is 4.74 Å². The van der Waals surface area contributed by atoms with Crippen molar-refractivity contribution >= 4 is 0 Å². The third-order valence-corrected chi connectivity index (χ3v) is 2.49. The fourth-order valence-corrected chi connectivity index (χ4v) is 1.60. The largest absolute Gasteiger partial charge is 0.465 e. The van der Waals surface area contributed by atoms with Crippen molar-refractivity contribution in [1.82, 2.24) is 0 Å². The maximum Gasteiger partial charge on any atom is 0.199 e. The summed E-state index contributed by atoms with van der Waals surface area (Å²) in [5.74, 6) is 0.911. The summed E-state index contributed by atoms with van der Waals surface area (Å²) in [5, 5.41) is 0. The summed E-state index contributed by atoms with van der Waals surface area (Å²) in [7, 11) is 0. The predicted octanol–water partition coefficient (Wildman–Crippen LogP) is 2.76. The van der Waals surface area contributed by atoms with Crippen molar-refractivity contribution in [2.24, 2.45) is 0 Å². The molecule has 0 spiro atoms. The van der Waals surface area contributed by atoms with Crippen LogP contribution in [0.15, 0.2) is 24.3 Å². The van der Waals surface area contributed by atoms with Crippen LogP contribution in [0.25, 0.3) is 0 Å². The van der Waals surface area contributed by atoms with E-state index in [0.717, 1.165) is 31.6 Å². The Kier molecular flexibility index (Phi) is 3.04. The zero-order valence-electron chi connectivity index (χ0n) is 8.53. The van der Waals surface area contributed by atoms with Gasteiger partial charge in [0, 0.05) is 6.42 Å². The summed E-state index contributed by atoms with van der Waals surface area (Å²) in [4.78, 5) is 0. The lowest BCUT2D eigenvalue weighted by Gasteiger charge is -2.12. The second-order valence-corrected chi connectivity index (χ2v) is 3.56. The zero-order chi connectivity index (χ0) is 9.80. The highest BCUT2D eigenvalue weighted by molar-refractivity contribution is 5.27. The van der Waals surface area contributed by atoms with Gasteiger partial charge in [-0.3, -0.25) is 0 Å². The maximum atomic E-state index is 5.65. The van der Waals surface area contributed by atoms with Crippen LogP contribution in [0.1, 0.15) is 25.3 Å². The molecule has 1 aromatic carbocycles. The molecule has 1 heterocycles. The van der Waals surface area contributed by atoms with Gasteiger partial charge >= 0.3 is 0 Å². The molecule has 1 atom stereocenters. The van der Waals surface area contributed by atoms with E-state index in [4.69, 9.17) is 9.47 Å². The van der Waals surface area contributed by atoms with E-state index < -0.39 is 0 Å². The first kappa shape index (κ1) is 9.53. The van der Waals surface area contributed by atoms with E-state index in [9.17, 15) is 0 Å². The van der Waals surface area contributed by atoms with Crippen molar-refractivity contribution in [3.8, 4) is 5.75 Å². The summed E-state index contributed by atoms with van der Waals surface area (Å²) in [6.45, 7) is 2.98. The van der Waals surface area contributed by atoms with Crippen LogP contribution in [0, 0.1) is 0 Å². The van der Waals surface area contributed by atoms with Gasteiger partial charge in [0.15, 0.2) is 6.29 Å². The molecular formula is C12H16O2. The highest BCUT2D eigenvalue weighted by Gasteiger charge is 2.16. The Morgan fingerprint density at radius 1 is 1.36 bits per heavy atom. The number of hydrogen-bond donors (Lipinski definition) is 0. The standard InChI is InChI=1S/C12H16O2/c1-2-10-5-7-11(8-6-10)14-12-4-3-9-13-12/h5-8,12H,2-4,9H2,1H3. The van der Waals surface area contributed by atoms with Crippen molar-refractivity contribution in [3.05, 3.63) is 29.8 Å². The predicted molar refractivity (Wildman–Crippen MR) is 55.4 cm³/mol. The Hall–Kier alpha value is -1.02. The molecule has 0 amide bonds. The van der Waals surface area contributed by atoms with Crippen LogP contribution in [0.2, 0.25) is 0 Å². The van der Waals surface area contributed by atoms with Gasteiger partial charge in [-0.2, -0.15) is 0 Å². The minimum atomic E-state index is -0.0255. The van der Waals surface area contributed by atoms with Crippen molar-refractivity contribution < 1.29 is 9.47 Å². The van der Waals surface area contributed by atoms with Gasteiger partial charge in [-0.1, -0.05) is 19.1 Å². The lowest BCUT2D eigenvalue weighted by atomic mass is 10.2. The van der Waals surface area contributed by atoms with Gasteiger partial charge in [-0.15, -0.1) is 0 Å². The summed E-state index contributed by atoms with van der Waals surface area (Å²) in [6, 6.07) is 8.23. The number of rotatable bonds is 3. The van der Waals surface area contributed by atoms with Gasteiger partial charge in [0.1, 0.15) is 5.75 Å². The second kappa shape index (κ2) is 4.47. The van der Waals surface area contributed by atoms with Crippen molar-refractivity contribution in [1.29, 1.82) is 0 Å². The fourth-order valence-electron chi connectivity index (χ4n) is 1.60. The van der Waals surface area contributed by atoms with E-state index in [0.29, 0.717) is 0 Å². The molecule has 1 unspecified atom stereocenters. The molecule has 2 nitrogen and oxygen atoms in total. The molecule has 1 aliphatic heterocycles. The number of aryl methyl sites for hydroxylation is 1. The van der Waals surface area contributed by atoms with Crippen LogP contribution >= 0.6 is 0 Å². The molecule has 76 valence electrons. The maximum absolute atomic E-state index is 5.65. The van der Waals surface area contributed by atoms with Gasteiger partial charge < -0.3 is 9.47 Å². The van der Waals surface area contributed by atoms with E-state index in [1.54, 1.807) is 0 Å². The topological polar surface area (TPSA) is 18.5 Å². The summed E-state index contributed by atoms with van der Waals surface area (Å²) < 4.78 is 11.0. The second-order valence-electron chi connectivity index (χ2n) is 3.56. The molecule has 0 aromatic heterocycles. The SMILES string of the molecule is CCc1ccc(OC2CCCO2)cc1. The molecule has 2 rings (SSSR count). The Bertz CT molecular complexity index is 273. The Balaban J connectivity index is 1.95. The molecule has 0 saturated carbocycles. The van der Waals surface area contributed by atoms with Crippen LogP contribution in [0.4, 0.5) is 0 Å². The quantitative estimate of drug-likeness (QED) is 0.733. The monoisotopic (exact) mass is 192 g/mol. The third-order valence-electron chi connectivity index (χ3n) is 2.49. The van der Waals surface area contributed by atoms with Gasteiger partial charge in [0.25, 0.3) is 0 Å². The van der Waals surface area contributed by atoms with Gasteiger partial charge in [-0.05, 0) is 30.5 Å². The average Bonchev–Trinajstić information content (AvgIpc) is 2.72. The molecule has 1 aromatic rings. The van der Waals surface area contributed by atoms with Gasteiger partial charge in [0.2, 0.25) is 0 Å². The molecule has 0 bridgehead atoms. The fraction of sp³-hybridized carbons (Fsp3) is 0.500. The van der Waals surface area contributed by atoms with Crippen LogP contribution in [-0.4, -0.2) is 12.9 Å². The molecule has 1 aliphatic rings. The molecule has 2 heteroatoms.